The summed E-state index contributed by atoms with van der Waals surface area (Å²) in [6.07, 6.45) is 1.69. The van der Waals surface area contributed by atoms with E-state index in [9.17, 15) is 0 Å². The first-order valence-electron chi connectivity index (χ1n) is 6.35. The van der Waals surface area contributed by atoms with Gasteiger partial charge in [0.15, 0.2) is 0 Å². The third-order valence-corrected chi connectivity index (χ3v) is 3.17. The van der Waals surface area contributed by atoms with Gasteiger partial charge in [0.05, 0.1) is 25.1 Å². The summed E-state index contributed by atoms with van der Waals surface area (Å²) in [5.74, 6) is 1.71. The zero-order valence-corrected chi connectivity index (χ0v) is 11.8. The van der Waals surface area contributed by atoms with E-state index in [0.717, 1.165) is 28.3 Å². The fourth-order valence-electron chi connectivity index (χ4n) is 2.17. The van der Waals surface area contributed by atoms with Gasteiger partial charge < -0.3 is 9.15 Å². The lowest BCUT2D eigenvalue weighted by atomic mass is 10.1. The van der Waals surface area contributed by atoms with Crippen molar-refractivity contribution in [1.82, 2.24) is 0 Å². The van der Waals surface area contributed by atoms with E-state index in [-0.39, 0.29) is 6.04 Å². The highest BCUT2D eigenvalue weighted by molar-refractivity contribution is 5.97. The van der Waals surface area contributed by atoms with Gasteiger partial charge in [0, 0.05) is 5.56 Å². The molecule has 0 spiro atoms. The van der Waals surface area contributed by atoms with E-state index in [0.29, 0.717) is 0 Å². The van der Waals surface area contributed by atoms with Crippen molar-refractivity contribution in [2.45, 2.75) is 26.8 Å². The van der Waals surface area contributed by atoms with Crippen LogP contribution in [0.1, 0.15) is 36.8 Å². The first kappa shape index (κ1) is 13.4. The lowest BCUT2D eigenvalue weighted by molar-refractivity contribution is 0.407. The molecule has 2 aromatic rings. The van der Waals surface area contributed by atoms with Crippen molar-refractivity contribution >= 4 is 5.71 Å². The Labute approximate surface area is 113 Å². The molecular formula is C16H19NO2. The molecule has 0 saturated heterocycles. The number of ether oxygens (including phenoxy) is 1. The minimum absolute atomic E-state index is 0.0284. The number of benzene rings is 1. The van der Waals surface area contributed by atoms with Gasteiger partial charge in [-0.1, -0.05) is 18.2 Å². The van der Waals surface area contributed by atoms with Crippen LogP contribution in [0.3, 0.4) is 0 Å². The molecule has 2 rings (SSSR count). The number of aliphatic imine (C=N–C) groups is 1. The van der Waals surface area contributed by atoms with E-state index in [2.05, 4.69) is 6.92 Å². The normalized spacial score (nSPS) is 13.4. The molecule has 1 aromatic heterocycles. The van der Waals surface area contributed by atoms with E-state index in [4.69, 9.17) is 14.1 Å². The van der Waals surface area contributed by atoms with Crippen LogP contribution < -0.4 is 4.74 Å². The SMILES string of the molecule is COc1ccccc1C(C)N=C(C)c1occc1C. The molecule has 0 aliphatic heterocycles. The standard InChI is InChI=1S/C16H19NO2/c1-11-9-10-19-16(11)13(3)17-12(2)14-7-5-6-8-15(14)18-4/h5-10,12H,1-4H3. The van der Waals surface area contributed by atoms with Gasteiger partial charge in [-0.2, -0.15) is 0 Å². The summed E-state index contributed by atoms with van der Waals surface area (Å²) < 4.78 is 10.8. The second kappa shape index (κ2) is 5.74. The summed E-state index contributed by atoms with van der Waals surface area (Å²) in [7, 11) is 1.68. The van der Waals surface area contributed by atoms with Gasteiger partial charge in [0.25, 0.3) is 0 Å². The fourth-order valence-corrected chi connectivity index (χ4v) is 2.17. The van der Waals surface area contributed by atoms with Crippen molar-refractivity contribution in [3.8, 4) is 5.75 Å². The Morgan fingerprint density at radius 1 is 1.26 bits per heavy atom. The van der Waals surface area contributed by atoms with Crippen LogP contribution in [-0.4, -0.2) is 12.8 Å². The van der Waals surface area contributed by atoms with Gasteiger partial charge in [0.2, 0.25) is 0 Å². The molecule has 100 valence electrons. The number of hydrogen-bond donors (Lipinski definition) is 0. The molecular weight excluding hydrogens is 238 g/mol. The minimum Gasteiger partial charge on any atom is -0.496 e. The maximum Gasteiger partial charge on any atom is 0.150 e. The van der Waals surface area contributed by atoms with Crippen molar-refractivity contribution in [3.05, 3.63) is 53.5 Å². The van der Waals surface area contributed by atoms with E-state index >= 15 is 0 Å². The van der Waals surface area contributed by atoms with Crippen LogP contribution in [0, 0.1) is 6.92 Å². The average molecular weight is 257 g/mol. The number of furan rings is 1. The van der Waals surface area contributed by atoms with E-state index in [1.165, 1.54) is 0 Å². The molecule has 1 aromatic carbocycles. The monoisotopic (exact) mass is 257 g/mol. The first-order valence-corrected chi connectivity index (χ1v) is 6.35. The van der Waals surface area contributed by atoms with Gasteiger partial charge >= 0.3 is 0 Å². The predicted molar refractivity (Wildman–Crippen MR) is 77.1 cm³/mol. The van der Waals surface area contributed by atoms with E-state index in [1.54, 1.807) is 13.4 Å². The van der Waals surface area contributed by atoms with Crippen LogP contribution in [0.25, 0.3) is 0 Å². The highest BCUT2D eigenvalue weighted by Crippen LogP contribution is 2.27. The van der Waals surface area contributed by atoms with E-state index < -0.39 is 0 Å². The third kappa shape index (κ3) is 2.87. The molecule has 0 amide bonds. The first-order chi connectivity index (χ1) is 9.13. The van der Waals surface area contributed by atoms with Gasteiger partial charge in [-0.3, -0.25) is 4.99 Å². The van der Waals surface area contributed by atoms with Crippen molar-refractivity contribution in [1.29, 1.82) is 0 Å². The molecule has 0 N–H and O–H groups in total. The summed E-state index contributed by atoms with van der Waals surface area (Å²) in [6.45, 7) is 6.04. The zero-order chi connectivity index (χ0) is 13.8. The Balaban J connectivity index is 2.30. The van der Waals surface area contributed by atoms with Crippen molar-refractivity contribution in [2.24, 2.45) is 4.99 Å². The van der Waals surface area contributed by atoms with Gasteiger partial charge in [-0.15, -0.1) is 0 Å². The van der Waals surface area contributed by atoms with Crippen LogP contribution in [0.15, 0.2) is 46.0 Å². The molecule has 0 aliphatic carbocycles. The summed E-state index contributed by atoms with van der Waals surface area (Å²) >= 11 is 0. The highest BCUT2D eigenvalue weighted by atomic mass is 16.5. The Kier molecular flexibility index (Phi) is 4.05. The quantitative estimate of drug-likeness (QED) is 0.770. The van der Waals surface area contributed by atoms with Gasteiger partial charge in [-0.05, 0) is 38.5 Å². The Hall–Kier alpha value is -2.03. The lowest BCUT2D eigenvalue weighted by Crippen LogP contribution is -2.01. The maximum absolute atomic E-state index is 5.46. The van der Waals surface area contributed by atoms with Crippen molar-refractivity contribution in [3.63, 3.8) is 0 Å². The Morgan fingerprint density at radius 2 is 2.00 bits per heavy atom. The number of hydrogen-bond acceptors (Lipinski definition) is 3. The summed E-state index contributed by atoms with van der Waals surface area (Å²) in [6, 6.07) is 9.92. The average Bonchev–Trinajstić information content (AvgIpc) is 2.85. The predicted octanol–water partition coefficient (Wildman–Crippen LogP) is 4.17. The molecule has 0 saturated carbocycles. The molecule has 0 radical (unpaired) electrons. The lowest BCUT2D eigenvalue weighted by Gasteiger charge is -2.12. The molecule has 0 bridgehead atoms. The Morgan fingerprint density at radius 3 is 2.63 bits per heavy atom. The molecule has 3 nitrogen and oxygen atoms in total. The third-order valence-electron chi connectivity index (χ3n) is 3.17. The van der Waals surface area contributed by atoms with Crippen LogP contribution in [0.2, 0.25) is 0 Å². The van der Waals surface area contributed by atoms with Crippen LogP contribution in [-0.2, 0) is 0 Å². The maximum atomic E-state index is 5.46. The molecule has 1 heterocycles. The highest BCUT2D eigenvalue weighted by Gasteiger charge is 2.12. The number of para-hydroxylation sites is 1. The number of nitrogens with zero attached hydrogens (tertiary/aromatic N) is 1. The molecule has 1 unspecified atom stereocenters. The molecule has 0 aliphatic rings. The van der Waals surface area contributed by atoms with Crippen LogP contribution in [0.5, 0.6) is 5.75 Å². The van der Waals surface area contributed by atoms with E-state index in [1.807, 2.05) is 44.2 Å². The fraction of sp³-hybridized carbons (Fsp3) is 0.312. The number of methoxy groups -OCH3 is 1. The second-order valence-electron chi connectivity index (χ2n) is 4.57. The number of rotatable bonds is 4. The molecule has 0 fully saturated rings. The zero-order valence-electron chi connectivity index (χ0n) is 11.8. The Bertz CT molecular complexity index is 584. The van der Waals surface area contributed by atoms with Crippen molar-refractivity contribution < 1.29 is 9.15 Å². The number of aryl methyl sites for hydroxylation is 1. The van der Waals surface area contributed by atoms with Crippen LogP contribution in [0.4, 0.5) is 0 Å². The van der Waals surface area contributed by atoms with Crippen LogP contribution >= 0.6 is 0 Å². The molecule has 3 heteroatoms. The topological polar surface area (TPSA) is 34.7 Å². The smallest absolute Gasteiger partial charge is 0.150 e. The summed E-state index contributed by atoms with van der Waals surface area (Å²) in [5.41, 5.74) is 3.09. The van der Waals surface area contributed by atoms with Crippen molar-refractivity contribution in [2.75, 3.05) is 7.11 Å². The summed E-state index contributed by atoms with van der Waals surface area (Å²) in [4.78, 5) is 4.70. The van der Waals surface area contributed by atoms with Gasteiger partial charge in [-0.25, -0.2) is 0 Å². The second-order valence-corrected chi connectivity index (χ2v) is 4.57. The molecule has 19 heavy (non-hydrogen) atoms. The largest absolute Gasteiger partial charge is 0.496 e. The van der Waals surface area contributed by atoms with Gasteiger partial charge in [0.1, 0.15) is 11.5 Å². The summed E-state index contributed by atoms with van der Waals surface area (Å²) in [5, 5.41) is 0. The minimum atomic E-state index is 0.0284. The molecule has 1 atom stereocenters.